The standard InChI is InChI=1S/C9H6ClN5O2/c1-5-11-13-9(14-12-5)7-4-6(15(16)17)2-3-8(7)10/h2-4H,1H3. The Morgan fingerprint density at radius 1 is 1.24 bits per heavy atom. The average Bonchev–Trinajstić information content (AvgIpc) is 2.31. The van der Waals surface area contributed by atoms with E-state index in [1.165, 1.54) is 18.2 Å². The number of aromatic nitrogens is 4. The Morgan fingerprint density at radius 3 is 2.47 bits per heavy atom. The van der Waals surface area contributed by atoms with Crippen molar-refractivity contribution in [2.45, 2.75) is 6.92 Å². The summed E-state index contributed by atoms with van der Waals surface area (Å²) in [6, 6.07) is 4.01. The monoisotopic (exact) mass is 251 g/mol. The van der Waals surface area contributed by atoms with E-state index in [4.69, 9.17) is 11.6 Å². The second-order valence-electron chi connectivity index (χ2n) is 3.19. The van der Waals surface area contributed by atoms with E-state index in [9.17, 15) is 10.1 Å². The third kappa shape index (κ3) is 2.34. The summed E-state index contributed by atoms with van der Waals surface area (Å²) < 4.78 is 0. The summed E-state index contributed by atoms with van der Waals surface area (Å²) in [7, 11) is 0. The summed E-state index contributed by atoms with van der Waals surface area (Å²) >= 11 is 5.92. The maximum absolute atomic E-state index is 10.6. The van der Waals surface area contributed by atoms with E-state index in [1.807, 2.05) is 0 Å². The van der Waals surface area contributed by atoms with Gasteiger partial charge in [-0.15, -0.1) is 20.4 Å². The van der Waals surface area contributed by atoms with Crippen LogP contribution in [-0.4, -0.2) is 25.3 Å². The summed E-state index contributed by atoms with van der Waals surface area (Å²) in [5.74, 6) is 0.569. The molecule has 0 saturated heterocycles. The van der Waals surface area contributed by atoms with E-state index in [-0.39, 0.29) is 11.5 Å². The van der Waals surface area contributed by atoms with Gasteiger partial charge in [-0.05, 0) is 13.0 Å². The van der Waals surface area contributed by atoms with Gasteiger partial charge in [-0.2, -0.15) is 0 Å². The number of hydrogen-bond acceptors (Lipinski definition) is 6. The minimum atomic E-state index is -0.519. The zero-order valence-corrected chi connectivity index (χ0v) is 9.42. The third-order valence-corrected chi connectivity index (χ3v) is 2.31. The molecule has 0 aliphatic carbocycles. The minimum Gasteiger partial charge on any atom is -0.258 e. The van der Waals surface area contributed by atoms with Gasteiger partial charge in [0, 0.05) is 17.7 Å². The molecule has 0 aliphatic heterocycles. The second kappa shape index (κ2) is 4.38. The van der Waals surface area contributed by atoms with Crippen LogP contribution in [0.25, 0.3) is 11.4 Å². The van der Waals surface area contributed by atoms with Gasteiger partial charge < -0.3 is 0 Å². The summed E-state index contributed by atoms with van der Waals surface area (Å²) in [6.45, 7) is 1.64. The van der Waals surface area contributed by atoms with Gasteiger partial charge >= 0.3 is 0 Å². The first-order chi connectivity index (χ1) is 8.08. The third-order valence-electron chi connectivity index (χ3n) is 1.98. The molecule has 0 bridgehead atoms. The normalized spacial score (nSPS) is 10.2. The second-order valence-corrected chi connectivity index (χ2v) is 3.60. The summed E-state index contributed by atoms with van der Waals surface area (Å²) in [5.41, 5.74) is 0.245. The highest BCUT2D eigenvalue weighted by Crippen LogP contribution is 2.28. The zero-order valence-electron chi connectivity index (χ0n) is 8.66. The molecule has 86 valence electrons. The van der Waals surface area contributed by atoms with Crippen LogP contribution in [0.5, 0.6) is 0 Å². The van der Waals surface area contributed by atoms with E-state index in [1.54, 1.807) is 6.92 Å². The molecule has 0 radical (unpaired) electrons. The lowest BCUT2D eigenvalue weighted by atomic mass is 10.2. The van der Waals surface area contributed by atoms with Gasteiger partial charge in [0.25, 0.3) is 5.69 Å². The summed E-state index contributed by atoms with van der Waals surface area (Å²) in [5, 5.41) is 25.9. The first-order valence-electron chi connectivity index (χ1n) is 4.56. The quantitative estimate of drug-likeness (QED) is 0.597. The van der Waals surface area contributed by atoms with Crippen molar-refractivity contribution in [1.29, 1.82) is 0 Å². The van der Waals surface area contributed by atoms with Crippen molar-refractivity contribution >= 4 is 17.3 Å². The topological polar surface area (TPSA) is 94.7 Å². The van der Waals surface area contributed by atoms with Crippen LogP contribution in [0.2, 0.25) is 5.02 Å². The van der Waals surface area contributed by atoms with Gasteiger partial charge in [-0.3, -0.25) is 10.1 Å². The van der Waals surface area contributed by atoms with Crippen LogP contribution in [0.1, 0.15) is 5.82 Å². The highest BCUT2D eigenvalue weighted by atomic mass is 35.5. The van der Waals surface area contributed by atoms with Gasteiger partial charge in [-0.1, -0.05) is 11.6 Å². The number of nitrogens with zero attached hydrogens (tertiary/aromatic N) is 5. The molecule has 2 aromatic rings. The molecule has 1 aromatic heterocycles. The van der Waals surface area contributed by atoms with Crippen molar-refractivity contribution in [3.63, 3.8) is 0 Å². The van der Waals surface area contributed by atoms with E-state index in [0.29, 0.717) is 16.4 Å². The van der Waals surface area contributed by atoms with Crippen molar-refractivity contribution in [2.75, 3.05) is 0 Å². The molecule has 0 spiro atoms. The van der Waals surface area contributed by atoms with E-state index in [2.05, 4.69) is 20.4 Å². The largest absolute Gasteiger partial charge is 0.270 e. The van der Waals surface area contributed by atoms with Crippen LogP contribution >= 0.6 is 11.6 Å². The molecule has 0 N–H and O–H groups in total. The number of non-ortho nitro benzene ring substituents is 1. The zero-order chi connectivity index (χ0) is 12.4. The van der Waals surface area contributed by atoms with Crippen LogP contribution in [-0.2, 0) is 0 Å². The van der Waals surface area contributed by atoms with Crippen LogP contribution in [0.3, 0.4) is 0 Å². The molecule has 0 amide bonds. The summed E-state index contributed by atoms with van der Waals surface area (Å²) in [4.78, 5) is 10.1. The lowest BCUT2D eigenvalue weighted by molar-refractivity contribution is -0.384. The van der Waals surface area contributed by atoms with Crippen molar-refractivity contribution in [3.8, 4) is 11.4 Å². The predicted molar refractivity (Wildman–Crippen MR) is 59.5 cm³/mol. The Balaban J connectivity index is 2.54. The number of halogens is 1. The smallest absolute Gasteiger partial charge is 0.258 e. The first-order valence-corrected chi connectivity index (χ1v) is 4.94. The fourth-order valence-corrected chi connectivity index (χ4v) is 1.39. The molecule has 0 atom stereocenters. The predicted octanol–water partition coefficient (Wildman–Crippen LogP) is 1.80. The molecule has 0 fully saturated rings. The van der Waals surface area contributed by atoms with E-state index >= 15 is 0 Å². The molecule has 17 heavy (non-hydrogen) atoms. The number of nitro benzene ring substituents is 1. The Labute approximate surface area is 101 Å². The van der Waals surface area contributed by atoms with Gasteiger partial charge in [0.05, 0.1) is 9.95 Å². The molecule has 0 aliphatic rings. The Bertz CT molecular complexity index is 572. The number of aryl methyl sites for hydroxylation is 1. The van der Waals surface area contributed by atoms with Crippen molar-refractivity contribution < 1.29 is 4.92 Å². The van der Waals surface area contributed by atoms with Crippen LogP contribution in [0.4, 0.5) is 5.69 Å². The lowest BCUT2D eigenvalue weighted by Gasteiger charge is -2.01. The molecule has 1 aromatic carbocycles. The number of benzene rings is 1. The van der Waals surface area contributed by atoms with Gasteiger partial charge in [-0.25, -0.2) is 0 Å². The molecule has 7 nitrogen and oxygen atoms in total. The molecule has 0 saturated carbocycles. The number of nitro groups is 1. The number of rotatable bonds is 2. The number of hydrogen-bond donors (Lipinski definition) is 0. The minimum absolute atomic E-state index is 0.0893. The highest BCUT2D eigenvalue weighted by molar-refractivity contribution is 6.33. The molecular formula is C9H6ClN5O2. The van der Waals surface area contributed by atoms with Crippen molar-refractivity contribution in [1.82, 2.24) is 20.4 Å². The Morgan fingerprint density at radius 2 is 1.88 bits per heavy atom. The van der Waals surface area contributed by atoms with Gasteiger partial charge in [0.15, 0.2) is 5.82 Å². The van der Waals surface area contributed by atoms with Gasteiger partial charge in [0.2, 0.25) is 5.82 Å². The molecular weight excluding hydrogens is 246 g/mol. The van der Waals surface area contributed by atoms with Crippen LogP contribution < -0.4 is 0 Å². The van der Waals surface area contributed by atoms with Crippen molar-refractivity contribution in [3.05, 3.63) is 39.2 Å². The van der Waals surface area contributed by atoms with Gasteiger partial charge in [0.1, 0.15) is 0 Å². The van der Waals surface area contributed by atoms with Crippen LogP contribution in [0.15, 0.2) is 18.2 Å². The fourth-order valence-electron chi connectivity index (χ4n) is 1.19. The molecule has 0 unspecified atom stereocenters. The van der Waals surface area contributed by atoms with Crippen LogP contribution in [0, 0.1) is 17.0 Å². The average molecular weight is 252 g/mol. The maximum Gasteiger partial charge on any atom is 0.270 e. The van der Waals surface area contributed by atoms with E-state index < -0.39 is 4.92 Å². The Kier molecular flexibility index (Phi) is 2.92. The molecule has 8 heteroatoms. The SMILES string of the molecule is Cc1nnc(-c2cc([N+](=O)[O-])ccc2Cl)nn1. The lowest BCUT2D eigenvalue weighted by Crippen LogP contribution is -1.99. The highest BCUT2D eigenvalue weighted by Gasteiger charge is 2.13. The molecule has 1 heterocycles. The fraction of sp³-hybridized carbons (Fsp3) is 0.111. The van der Waals surface area contributed by atoms with E-state index in [0.717, 1.165) is 0 Å². The first kappa shape index (κ1) is 11.3. The molecule has 2 rings (SSSR count). The summed E-state index contributed by atoms with van der Waals surface area (Å²) in [6.07, 6.45) is 0. The Hall–Kier alpha value is -2.15. The maximum atomic E-state index is 10.6. The van der Waals surface area contributed by atoms with Crippen molar-refractivity contribution in [2.24, 2.45) is 0 Å².